The maximum Gasteiger partial charge on any atom is 0.242 e. The lowest BCUT2D eigenvalue weighted by molar-refractivity contribution is -0.137. The number of nitrogens with one attached hydrogen (secondary N) is 1. The van der Waals surface area contributed by atoms with Crippen molar-refractivity contribution < 1.29 is 14.7 Å². The molecule has 0 saturated carbocycles. The van der Waals surface area contributed by atoms with Gasteiger partial charge in [0.05, 0.1) is 6.10 Å². The van der Waals surface area contributed by atoms with Crippen molar-refractivity contribution in [2.75, 3.05) is 13.1 Å². The van der Waals surface area contributed by atoms with Gasteiger partial charge in [0.15, 0.2) is 0 Å². The first-order valence-corrected chi connectivity index (χ1v) is 5.81. The molecule has 0 aliphatic carbocycles. The van der Waals surface area contributed by atoms with Crippen molar-refractivity contribution in [3.05, 3.63) is 0 Å². The van der Waals surface area contributed by atoms with Crippen molar-refractivity contribution in [1.29, 1.82) is 0 Å². The molecule has 2 unspecified atom stereocenters. The second kappa shape index (κ2) is 5.84. The van der Waals surface area contributed by atoms with E-state index >= 15 is 0 Å². The normalized spacial score (nSPS) is 19.7. The third-order valence-corrected chi connectivity index (χ3v) is 2.75. The van der Waals surface area contributed by atoms with Crippen LogP contribution < -0.4 is 5.32 Å². The van der Waals surface area contributed by atoms with E-state index in [1.54, 1.807) is 11.8 Å². The van der Waals surface area contributed by atoms with Gasteiger partial charge in [-0.25, -0.2) is 0 Å². The highest BCUT2D eigenvalue weighted by Crippen LogP contribution is 2.15. The summed E-state index contributed by atoms with van der Waals surface area (Å²) in [5.41, 5.74) is 0. The van der Waals surface area contributed by atoms with E-state index in [0.717, 1.165) is 6.42 Å². The number of likely N-dealkylation sites (tertiary alicyclic amines) is 1. The van der Waals surface area contributed by atoms with Crippen LogP contribution in [0, 0.1) is 0 Å². The third-order valence-electron chi connectivity index (χ3n) is 2.75. The Labute approximate surface area is 95.8 Å². The Morgan fingerprint density at radius 1 is 1.62 bits per heavy atom. The number of carbonyl (C=O) groups excluding carboxylic acids is 2. The number of amides is 2. The molecule has 1 aliphatic heterocycles. The fourth-order valence-electron chi connectivity index (χ4n) is 1.91. The summed E-state index contributed by atoms with van der Waals surface area (Å²) < 4.78 is 0. The van der Waals surface area contributed by atoms with Gasteiger partial charge in [0.25, 0.3) is 0 Å². The molecule has 0 aromatic rings. The maximum absolute atomic E-state index is 11.8. The fourth-order valence-corrected chi connectivity index (χ4v) is 1.91. The molecule has 0 spiro atoms. The molecule has 1 fully saturated rings. The molecule has 5 nitrogen and oxygen atoms in total. The molecule has 2 amide bonds. The van der Waals surface area contributed by atoms with Crippen LogP contribution in [-0.4, -0.2) is 47.1 Å². The minimum absolute atomic E-state index is 0.0547. The SMILES string of the molecule is CCC(C(=O)NCC(C)O)N1CCCC1=O. The van der Waals surface area contributed by atoms with Crippen molar-refractivity contribution in [3.63, 3.8) is 0 Å². The summed E-state index contributed by atoms with van der Waals surface area (Å²) in [6, 6.07) is -0.381. The minimum atomic E-state index is -0.560. The van der Waals surface area contributed by atoms with Gasteiger partial charge in [-0.1, -0.05) is 6.92 Å². The zero-order chi connectivity index (χ0) is 12.1. The van der Waals surface area contributed by atoms with E-state index in [-0.39, 0.29) is 24.4 Å². The molecule has 0 aromatic heterocycles. The predicted octanol–water partition coefficient (Wildman–Crippen LogP) is -0.116. The molecule has 5 heteroatoms. The average Bonchev–Trinajstić information content (AvgIpc) is 2.63. The van der Waals surface area contributed by atoms with Crippen molar-refractivity contribution in [2.24, 2.45) is 0 Å². The van der Waals surface area contributed by atoms with E-state index in [0.29, 0.717) is 19.4 Å². The standard InChI is InChI=1S/C11H20N2O3/c1-3-9(11(16)12-7-8(2)14)13-6-4-5-10(13)15/h8-9,14H,3-7H2,1-2H3,(H,12,16). The number of carbonyl (C=O) groups is 2. The summed E-state index contributed by atoms with van der Waals surface area (Å²) in [5.74, 6) is -0.113. The van der Waals surface area contributed by atoms with Crippen LogP contribution in [0.2, 0.25) is 0 Å². The van der Waals surface area contributed by atoms with Gasteiger partial charge in [0.2, 0.25) is 11.8 Å². The van der Waals surface area contributed by atoms with Crippen LogP contribution in [0.4, 0.5) is 0 Å². The molecule has 1 rings (SSSR count). The van der Waals surface area contributed by atoms with E-state index in [1.807, 2.05) is 6.92 Å². The van der Waals surface area contributed by atoms with Gasteiger partial charge in [0, 0.05) is 19.5 Å². The Balaban J connectivity index is 2.52. The molecule has 92 valence electrons. The number of rotatable bonds is 5. The average molecular weight is 228 g/mol. The quantitative estimate of drug-likeness (QED) is 0.689. The molecule has 1 saturated heterocycles. The molecular formula is C11H20N2O3. The zero-order valence-electron chi connectivity index (χ0n) is 9.90. The number of aliphatic hydroxyl groups is 1. The van der Waals surface area contributed by atoms with Gasteiger partial charge in [-0.3, -0.25) is 9.59 Å². The molecule has 2 atom stereocenters. The number of hydrogen-bond donors (Lipinski definition) is 2. The minimum Gasteiger partial charge on any atom is -0.392 e. The van der Waals surface area contributed by atoms with Gasteiger partial charge in [-0.15, -0.1) is 0 Å². The lowest BCUT2D eigenvalue weighted by Gasteiger charge is -2.25. The molecule has 16 heavy (non-hydrogen) atoms. The summed E-state index contributed by atoms with van der Waals surface area (Å²) in [4.78, 5) is 24.9. The highest BCUT2D eigenvalue weighted by molar-refractivity contribution is 5.88. The van der Waals surface area contributed by atoms with Crippen molar-refractivity contribution in [1.82, 2.24) is 10.2 Å². The molecule has 1 aliphatic rings. The van der Waals surface area contributed by atoms with Crippen LogP contribution in [0.5, 0.6) is 0 Å². The first-order valence-electron chi connectivity index (χ1n) is 5.81. The van der Waals surface area contributed by atoms with Crippen LogP contribution in [0.3, 0.4) is 0 Å². The van der Waals surface area contributed by atoms with E-state index in [4.69, 9.17) is 5.11 Å². The Bertz CT molecular complexity index is 266. The third kappa shape index (κ3) is 3.20. The molecule has 0 aromatic carbocycles. The molecular weight excluding hydrogens is 208 g/mol. The molecule has 1 heterocycles. The van der Waals surface area contributed by atoms with E-state index in [2.05, 4.69) is 5.32 Å². The van der Waals surface area contributed by atoms with E-state index in [1.165, 1.54) is 0 Å². The first-order chi connectivity index (χ1) is 7.56. The topological polar surface area (TPSA) is 69.6 Å². The summed E-state index contributed by atoms with van der Waals surface area (Å²) in [6.45, 7) is 4.40. The number of aliphatic hydroxyl groups excluding tert-OH is 1. The number of hydrogen-bond acceptors (Lipinski definition) is 3. The molecule has 0 bridgehead atoms. The Morgan fingerprint density at radius 3 is 2.75 bits per heavy atom. The second-order valence-corrected chi connectivity index (χ2v) is 4.21. The van der Waals surface area contributed by atoms with Gasteiger partial charge in [-0.2, -0.15) is 0 Å². The lowest BCUT2D eigenvalue weighted by atomic mass is 10.2. The smallest absolute Gasteiger partial charge is 0.242 e. The first kappa shape index (κ1) is 13.0. The summed E-state index contributed by atoms with van der Waals surface area (Å²) in [7, 11) is 0. The maximum atomic E-state index is 11.8. The monoisotopic (exact) mass is 228 g/mol. The van der Waals surface area contributed by atoms with Gasteiger partial charge < -0.3 is 15.3 Å². The highest BCUT2D eigenvalue weighted by atomic mass is 16.3. The van der Waals surface area contributed by atoms with Crippen molar-refractivity contribution in [2.45, 2.75) is 45.3 Å². The van der Waals surface area contributed by atoms with Gasteiger partial charge >= 0.3 is 0 Å². The largest absolute Gasteiger partial charge is 0.392 e. The Morgan fingerprint density at radius 2 is 2.31 bits per heavy atom. The predicted molar refractivity (Wildman–Crippen MR) is 59.7 cm³/mol. The molecule has 0 radical (unpaired) electrons. The number of nitrogens with zero attached hydrogens (tertiary/aromatic N) is 1. The van der Waals surface area contributed by atoms with Gasteiger partial charge in [-0.05, 0) is 19.8 Å². The fraction of sp³-hybridized carbons (Fsp3) is 0.818. The summed E-state index contributed by atoms with van der Waals surface area (Å²) in [6.07, 6.45) is 1.42. The van der Waals surface area contributed by atoms with Crippen LogP contribution in [0.1, 0.15) is 33.1 Å². The van der Waals surface area contributed by atoms with E-state index < -0.39 is 6.10 Å². The van der Waals surface area contributed by atoms with E-state index in [9.17, 15) is 9.59 Å². The Kier molecular flexibility index (Phi) is 4.73. The van der Waals surface area contributed by atoms with Crippen molar-refractivity contribution >= 4 is 11.8 Å². The molecule has 2 N–H and O–H groups in total. The van der Waals surface area contributed by atoms with Crippen LogP contribution in [0.15, 0.2) is 0 Å². The Hall–Kier alpha value is -1.10. The van der Waals surface area contributed by atoms with Crippen LogP contribution in [-0.2, 0) is 9.59 Å². The lowest BCUT2D eigenvalue weighted by Crippen LogP contribution is -2.48. The second-order valence-electron chi connectivity index (χ2n) is 4.21. The van der Waals surface area contributed by atoms with Crippen LogP contribution >= 0.6 is 0 Å². The zero-order valence-corrected chi connectivity index (χ0v) is 9.90. The van der Waals surface area contributed by atoms with Crippen LogP contribution in [0.25, 0.3) is 0 Å². The highest BCUT2D eigenvalue weighted by Gasteiger charge is 2.31. The van der Waals surface area contributed by atoms with Gasteiger partial charge in [0.1, 0.15) is 6.04 Å². The summed E-state index contributed by atoms with van der Waals surface area (Å²) >= 11 is 0. The summed E-state index contributed by atoms with van der Waals surface area (Å²) in [5, 5.41) is 11.7. The van der Waals surface area contributed by atoms with Crippen molar-refractivity contribution in [3.8, 4) is 0 Å².